The Morgan fingerprint density at radius 2 is 2.03 bits per heavy atom. The second-order valence-corrected chi connectivity index (χ2v) is 8.66. The number of carbonyl (C=O) groups is 2. The normalized spacial score (nSPS) is 15.4. The van der Waals surface area contributed by atoms with Crippen LogP contribution in [0.15, 0.2) is 18.3 Å². The highest BCUT2D eigenvalue weighted by atomic mass is 31.0. The summed E-state index contributed by atoms with van der Waals surface area (Å²) in [4.78, 5) is 30.9. The minimum atomic E-state index is -0.499. The standard InChI is InChI=1S/C19H21FN9O2P/c1-27(32)18(31)15-13(8-14(24-25-15)22-17(30)10-3-4-10)21-19-23-16-12(20)7-11(9-29(16)26-19)28-5-2-6-28/h7-10H,2-6,32H2,1H3,(H2,21,22,24,26,30). The maximum absolute atomic E-state index is 14.6. The number of rotatable bonds is 6. The van der Waals surface area contributed by atoms with Gasteiger partial charge in [0.15, 0.2) is 23.0 Å². The molecule has 1 aliphatic heterocycles. The van der Waals surface area contributed by atoms with Crippen molar-refractivity contribution in [3.05, 3.63) is 29.8 Å². The van der Waals surface area contributed by atoms with Crippen LogP contribution in [0.5, 0.6) is 0 Å². The van der Waals surface area contributed by atoms with Crippen LogP contribution in [-0.2, 0) is 4.79 Å². The molecule has 1 saturated heterocycles. The van der Waals surface area contributed by atoms with E-state index in [0.29, 0.717) is 0 Å². The summed E-state index contributed by atoms with van der Waals surface area (Å²) in [6.45, 7) is 1.74. The molecule has 32 heavy (non-hydrogen) atoms. The number of amides is 2. The first-order valence-corrected chi connectivity index (χ1v) is 10.7. The second kappa shape index (κ2) is 7.94. The molecule has 1 saturated carbocycles. The van der Waals surface area contributed by atoms with Gasteiger partial charge >= 0.3 is 0 Å². The van der Waals surface area contributed by atoms with Gasteiger partial charge in [-0.05, 0) is 28.7 Å². The lowest BCUT2D eigenvalue weighted by Gasteiger charge is -2.32. The molecule has 2 amide bonds. The molecule has 0 spiro atoms. The van der Waals surface area contributed by atoms with Crippen LogP contribution in [0.1, 0.15) is 29.8 Å². The zero-order valence-electron chi connectivity index (χ0n) is 17.2. The summed E-state index contributed by atoms with van der Waals surface area (Å²) in [6, 6.07) is 2.92. The molecule has 1 aliphatic carbocycles. The van der Waals surface area contributed by atoms with Crippen molar-refractivity contribution in [3.8, 4) is 0 Å². The molecule has 3 aromatic heterocycles. The molecule has 2 fully saturated rings. The molecular weight excluding hydrogens is 436 g/mol. The van der Waals surface area contributed by atoms with Crippen LogP contribution < -0.4 is 15.5 Å². The molecule has 1 atom stereocenters. The van der Waals surface area contributed by atoms with E-state index in [0.717, 1.165) is 38.0 Å². The number of nitrogens with zero attached hydrogens (tertiary/aromatic N) is 7. The first-order valence-electron chi connectivity index (χ1n) is 10.2. The van der Waals surface area contributed by atoms with Gasteiger partial charge in [0, 0.05) is 38.2 Å². The lowest BCUT2D eigenvalue weighted by Crippen LogP contribution is -2.37. The van der Waals surface area contributed by atoms with Crippen LogP contribution in [0.25, 0.3) is 5.65 Å². The van der Waals surface area contributed by atoms with E-state index in [1.165, 1.54) is 21.3 Å². The Bertz CT molecular complexity index is 1220. The number of aromatic nitrogens is 5. The predicted molar refractivity (Wildman–Crippen MR) is 118 cm³/mol. The molecule has 11 nitrogen and oxygen atoms in total. The lowest BCUT2D eigenvalue weighted by atomic mass is 10.2. The summed E-state index contributed by atoms with van der Waals surface area (Å²) >= 11 is 0. The number of carbonyl (C=O) groups excluding carboxylic acids is 2. The van der Waals surface area contributed by atoms with E-state index < -0.39 is 11.7 Å². The van der Waals surface area contributed by atoms with E-state index in [1.54, 1.807) is 13.2 Å². The Morgan fingerprint density at radius 3 is 2.69 bits per heavy atom. The third kappa shape index (κ3) is 3.93. The van der Waals surface area contributed by atoms with E-state index in [9.17, 15) is 14.0 Å². The number of anilines is 4. The Labute approximate surface area is 184 Å². The second-order valence-electron chi connectivity index (χ2n) is 7.89. The average molecular weight is 457 g/mol. The van der Waals surface area contributed by atoms with Gasteiger partial charge in [0.1, 0.15) is 0 Å². The lowest BCUT2D eigenvalue weighted by molar-refractivity contribution is -0.117. The Kier molecular flexibility index (Phi) is 5.09. The molecule has 2 aliphatic rings. The summed E-state index contributed by atoms with van der Waals surface area (Å²) in [5.41, 5.74) is 1.03. The zero-order valence-corrected chi connectivity index (χ0v) is 18.4. The average Bonchev–Trinajstić information content (AvgIpc) is 3.47. The highest BCUT2D eigenvalue weighted by Gasteiger charge is 2.30. The van der Waals surface area contributed by atoms with Crippen molar-refractivity contribution in [1.82, 2.24) is 29.5 Å². The van der Waals surface area contributed by atoms with E-state index in [-0.39, 0.29) is 40.6 Å². The zero-order chi connectivity index (χ0) is 22.4. The van der Waals surface area contributed by atoms with Crippen LogP contribution >= 0.6 is 9.39 Å². The topological polar surface area (TPSA) is 121 Å². The fraction of sp³-hybridized carbons (Fsp3) is 0.368. The largest absolute Gasteiger partial charge is 0.370 e. The van der Waals surface area contributed by atoms with Crippen LogP contribution in [-0.4, -0.2) is 61.4 Å². The fourth-order valence-corrected chi connectivity index (χ4v) is 3.42. The van der Waals surface area contributed by atoms with Crippen LogP contribution in [0, 0.1) is 11.7 Å². The van der Waals surface area contributed by atoms with Crippen molar-refractivity contribution >= 4 is 50.0 Å². The minimum Gasteiger partial charge on any atom is -0.370 e. The number of halogens is 1. The summed E-state index contributed by atoms with van der Waals surface area (Å²) < 4.78 is 17.2. The van der Waals surface area contributed by atoms with Gasteiger partial charge in [-0.15, -0.1) is 15.3 Å². The highest BCUT2D eigenvalue weighted by molar-refractivity contribution is 7.14. The molecule has 2 N–H and O–H groups in total. The molecule has 0 bridgehead atoms. The Morgan fingerprint density at radius 1 is 1.25 bits per heavy atom. The maximum Gasteiger partial charge on any atom is 0.279 e. The van der Waals surface area contributed by atoms with Crippen molar-refractivity contribution in [1.29, 1.82) is 0 Å². The fourth-order valence-electron chi connectivity index (χ4n) is 3.30. The van der Waals surface area contributed by atoms with E-state index >= 15 is 0 Å². The molecule has 5 rings (SSSR count). The molecule has 13 heteroatoms. The van der Waals surface area contributed by atoms with E-state index in [2.05, 4.69) is 40.3 Å². The van der Waals surface area contributed by atoms with Crippen LogP contribution in [0.3, 0.4) is 0 Å². The van der Waals surface area contributed by atoms with Crippen LogP contribution in [0.4, 0.5) is 27.5 Å². The summed E-state index contributed by atoms with van der Waals surface area (Å²) in [5, 5.41) is 17.9. The van der Waals surface area contributed by atoms with Crippen molar-refractivity contribution in [2.75, 3.05) is 35.7 Å². The van der Waals surface area contributed by atoms with Gasteiger partial charge in [-0.3, -0.25) is 9.59 Å². The van der Waals surface area contributed by atoms with Gasteiger partial charge in [0.05, 0.1) is 17.6 Å². The first kappa shape index (κ1) is 20.5. The van der Waals surface area contributed by atoms with E-state index in [4.69, 9.17) is 0 Å². The number of pyridine rings is 1. The first-order chi connectivity index (χ1) is 15.4. The molecule has 4 heterocycles. The molecule has 3 aromatic rings. The maximum atomic E-state index is 14.6. The van der Waals surface area contributed by atoms with Gasteiger partial charge in [0.25, 0.3) is 5.91 Å². The van der Waals surface area contributed by atoms with Gasteiger partial charge in [0.2, 0.25) is 11.9 Å². The molecule has 1 unspecified atom stereocenters. The summed E-state index contributed by atoms with van der Waals surface area (Å²) in [5.74, 6) is -0.809. The van der Waals surface area contributed by atoms with Gasteiger partial charge in [-0.1, -0.05) is 0 Å². The van der Waals surface area contributed by atoms with Crippen molar-refractivity contribution in [2.45, 2.75) is 19.3 Å². The molecular formula is C19H21FN9O2P. The van der Waals surface area contributed by atoms with Crippen molar-refractivity contribution < 1.29 is 14.0 Å². The van der Waals surface area contributed by atoms with Crippen molar-refractivity contribution in [3.63, 3.8) is 0 Å². The monoisotopic (exact) mass is 457 g/mol. The predicted octanol–water partition coefficient (Wildman–Crippen LogP) is 1.82. The quantitative estimate of drug-likeness (QED) is 0.538. The number of hydrogen-bond acceptors (Lipinski definition) is 8. The van der Waals surface area contributed by atoms with E-state index in [1.807, 2.05) is 4.90 Å². The Balaban J connectivity index is 1.48. The third-order valence-corrected chi connectivity index (χ3v) is 5.59. The molecule has 0 radical (unpaired) electrons. The third-order valence-electron chi connectivity index (χ3n) is 5.36. The number of nitrogens with one attached hydrogen (secondary N) is 2. The van der Waals surface area contributed by atoms with Gasteiger partial charge in [-0.25, -0.2) is 8.91 Å². The summed E-state index contributed by atoms with van der Waals surface area (Å²) in [6.07, 6.45) is 4.47. The SMILES string of the molecule is CN(P)C(=O)c1nnc(NC(=O)C2CC2)cc1Nc1nc2c(F)cc(N3CCC3)cn2n1. The van der Waals surface area contributed by atoms with Gasteiger partial charge < -0.3 is 20.2 Å². The number of fused-ring (bicyclic) bond motifs is 1. The minimum absolute atomic E-state index is 0.00696. The number of hydrogen-bond donors (Lipinski definition) is 2. The molecule has 0 aromatic carbocycles. The van der Waals surface area contributed by atoms with Crippen LogP contribution in [0.2, 0.25) is 0 Å². The molecule has 166 valence electrons. The van der Waals surface area contributed by atoms with Gasteiger partial charge in [-0.2, -0.15) is 4.98 Å². The Hall–Kier alpha value is -3.40. The summed E-state index contributed by atoms with van der Waals surface area (Å²) in [7, 11) is 3.81. The van der Waals surface area contributed by atoms with Crippen molar-refractivity contribution in [2.24, 2.45) is 5.92 Å². The highest BCUT2D eigenvalue weighted by Crippen LogP contribution is 2.31. The smallest absolute Gasteiger partial charge is 0.279 e.